The van der Waals surface area contributed by atoms with Crippen LogP contribution in [0.15, 0.2) is 11.4 Å². The average Bonchev–Trinajstić information content (AvgIpc) is 2.80. The van der Waals surface area contributed by atoms with Gasteiger partial charge in [-0.25, -0.2) is 18.4 Å². The third-order valence-corrected chi connectivity index (χ3v) is 3.79. The lowest BCUT2D eigenvalue weighted by Crippen LogP contribution is -2.29. The largest absolute Gasteiger partial charge is 0.337 e. The zero-order chi connectivity index (χ0) is 13.3. The van der Waals surface area contributed by atoms with E-state index in [1.54, 1.807) is 4.90 Å². The van der Waals surface area contributed by atoms with Crippen LogP contribution in [-0.2, 0) is 9.84 Å². The zero-order valence-corrected chi connectivity index (χ0v) is 11.3. The Morgan fingerprint density at radius 1 is 1.39 bits per heavy atom. The highest BCUT2D eigenvalue weighted by Crippen LogP contribution is 2.19. The highest BCUT2D eigenvalue weighted by atomic mass is 35.5. The van der Waals surface area contributed by atoms with Gasteiger partial charge in [0.05, 0.1) is 11.2 Å². The third-order valence-electron chi connectivity index (χ3n) is 2.65. The second kappa shape index (κ2) is 4.81. The fraction of sp³-hybridized carbons (Fsp3) is 0.500. The molecule has 1 aliphatic rings. The molecule has 0 aromatic carbocycles. The smallest absolute Gasteiger partial charge is 0.274 e. The van der Waals surface area contributed by atoms with E-state index in [0.29, 0.717) is 13.1 Å². The first kappa shape index (κ1) is 13.2. The molecule has 1 aliphatic heterocycles. The SMILES string of the molecule is CS(=O)(=O)c1ncc(Cl)c(C(=O)N2CCCC2)n1. The minimum Gasteiger partial charge on any atom is -0.337 e. The normalized spacial score (nSPS) is 16.0. The molecule has 0 atom stereocenters. The van der Waals surface area contributed by atoms with Crippen molar-refractivity contribution in [3.63, 3.8) is 0 Å². The summed E-state index contributed by atoms with van der Waals surface area (Å²) in [5.74, 6) is -0.343. The molecule has 1 fully saturated rings. The van der Waals surface area contributed by atoms with Gasteiger partial charge in [0.2, 0.25) is 15.0 Å². The van der Waals surface area contributed by atoms with E-state index >= 15 is 0 Å². The first-order chi connectivity index (χ1) is 8.39. The molecule has 2 heterocycles. The van der Waals surface area contributed by atoms with Crippen LogP contribution >= 0.6 is 11.6 Å². The maximum absolute atomic E-state index is 12.1. The van der Waals surface area contributed by atoms with Gasteiger partial charge in [0.25, 0.3) is 5.91 Å². The summed E-state index contributed by atoms with van der Waals surface area (Å²) in [6.07, 6.45) is 4.01. The Hall–Kier alpha value is -1.21. The van der Waals surface area contributed by atoms with Gasteiger partial charge in [0, 0.05) is 19.3 Å². The lowest BCUT2D eigenvalue weighted by Gasteiger charge is -2.15. The summed E-state index contributed by atoms with van der Waals surface area (Å²) in [5.41, 5.74) is -0.0472. The molecule has 0 unspecified atom stereocenters. The van der Waals surface area contributed by atoms with Crippen LogP contribution in [0, 0.1) is 0 Å². The summed E-state index contributed by atoms with van der Waals surface area (Å²) in [4.78, 5) is 21.1. The minimum absolute atomic E-state index is 0.0472. The fourth-order valence-electron chi connectivity index (χ4n) is 1.75. The molecule has 1 aromatic heterocycles. The first-order valence-corrected chi connectivity index (χ1v) is 7.68. The predicted octanol–water partition coefficient (Wildman–Crippen LogP) is 0.770. The van der Waals surface area contributed by atoms with E-state index in [4.69, 9.17) is 11.6 Å². The van der Waals surface area contributed by atoms with Crippen LogP contribution in [0.25, 0.3) is 0 Å². The van der Waals surface area contributed by atoms with Crippen LogP contribution < -0.4 is 0 Å². The van der Waals surface area contributed by atoms with Gasteiger partial charge in [0.15, 0.2) is 5.69 Å². The maximum atomic E-state index is 12.1. The molecule has 6 nitrogen and oxygen atoms in total. The van der Waals surface area contributed by atoms with Crippen molar-refractivity contribution in [2.45, 2.75) is 18.0 Å². The van der Waals surface area contributed by atoms with Gasteiger partial charge in [-0.15, -0.1) is 0 Å². The molecule has 0 radical (unpaired) electrons. The molecule has 1 aromatic rings. The molecule has 0 saturated carbocycles. The number of carbonyl (C=O) groups excluding carboxylic acids is 1. The van der Waals surface area contributed by atoms with E-state index in [1.807, 2.05) is 0 Å². The van der Waals surface area contributed by atoms with Crippen LogP contribution in [0.2, 0.25) is 5.02 Å². The summed E-state index contributed by atoms with van der Waals surface area (Å²) in [5, 5.41) is -0.311. The average molecular weight is 290 g/mol. The maximum Gasteiger partial charge on any atom is 0.274 e. The van der Waals surface area contributed by atoms with Crippen molar-refractivity contribution in [2.75, 3.05) is 19.3 Å². The Morgan fingerprint density at radius 3 is 2.56 bits per heavy atom. The number of hydrogen-bond donors (Lipinski definition) is 0. The number of hydrogen-bond acceptors (Lipinski definition) is 5. The van der Waals surface area contributed by atoms with Gasteiger partial charge in [0.1, 0.15) is 0 Å². The Balaban J connectivity index is 2.40. The van der Waals surface area contributed by atoms with Crippen LogP contribution in [0.5, 0.6) is 0 Å². The van der Waals surface area contributed by atoms with Crippen molar-refractivity contribution >= 4 is 27.3 Å². The summed E-state index contributed by atoms with van der Waals surface area (Å²) in [7, 11) is -3.55. The summed E-state index contributed by atoms with van der Waals surface area (Å²) < 4.78 is 22.7. The number of sulfone groups is 1. The highest BCUT2D eigenvalue weighted by Gasteiger charge is 2.25. The summed E-state index contributed by atoms with van der Waals surface area (Å²) >= 11 is 5.85. The van der Waals surface area contributed by atoms with E-state index in [-0.39, 0.29) is 21.8 Å². The molecule has 0 aliphatic carbocycles. The van der Waals surface area contributed by atoms with Crippen LogP contribution in [0.4, 0.5) is 0 Å². The highest BCUT2D eigenvalue weighted by molar-refractivity contribution is 7.90. The Labute approximate surface area is 110 Å². The zero-order valence-electron chi connectivity index (χ0n) is 9.76. The predicted molar refractivity (Wildman–Crippen MR) is 65.3 cm³/mol. The number of amides is 1. The van der Waals surface area contributed by atoms with Gasteiger partial charge in [-0.2, -0.15) is 0 Å². The standard InChI is InChI=1S/C10H12ClN3O3S/c1-18(16,17)10-12-6-7(11)8(13-10)9(15)14-4-2-3-5-14/h6H,2-5H2,1H3. The summed E-state index contributed by atoms with van der Waals surface area (Å²) in [6, 6.07) is 0. The number of rotatable bonds is 2. The second-order valence-electron chi connectivity index (χ2n) is 4.12. The topological polar surface area (TPSA) is 80.2 Å². The van der Waals surface area contributed by atoms with E-state index in [9.17, 15) is 13.2 Å². The molecule has 18 heavy (non-hydrogen) atoms. The third kappa shape index (κ3) is 2.62. The van der Waals surface area contributed by atoms with Crippen molar-refractivity contribution in [2.24, 2.45) is 0 Å². The van der Waals surface area contributed by atoms with Gasteiger partial charge in [-0.05, 0) is 12.8 Å². The number of nitrogens with zero attached hydrogens (tertiary/aromatic N) is 3. The number of carbonyl (C=O) groups is 1. The molecule has 0 bridgehead atoms. The molecule has 98 valence electrons. The van der Waals surface area contributed by atoms with Crippen molar-refractivity contribution in [1.82, 2.24) is 14.9 Å². The Bertz CT molecular complexity index is 582. The van der Waals surface area contributed by atoms with Gasteiger partial charge < -0.3 is 4.90 Å². The molecule has 0 N–H and O–H groups in total. The monoisotopic (exact) mass is 289 g/mol. The molecule has 1 amide bonds. The van der Waals surface area contributed by atoms with Gasteiger partial charge in [-0.3, -0.25) is 4.79 Å². The molecular weight excluding hydrogens is 278 g/mol. The molecule has 2 rings (SSSR count). The summed E-state index contributed by atoms with van der Waals surface area (Å²) in [6.45, 7) is 1.29. The number of aromatic nitrogens is 2. The lowest BCUT2D eigenvalue weighted by molar-refractivity contribution is 0.0786. The minimum atomic E-state index is -3.55. The number of halogens is 1. The molecule has 8 heteroatoms. The van der Waals surface area contributed by atoms with Crippen molar-refractivity contribution < 1.29 is 13.2 Å². The Morgan fingerprint density at radius 2 is 2.00 bits per heavy atom. The van der Waals surface area contributed by atoms with E-state index in [1.165, 1.54) is 0 Å². The lowest BCUT2D eigenvalue weighted by atomic mass is 10.3. The quantitative estimate of drug-likeness (QED) is 0.751. The van der Waals surface area contributed by atoms with Gasteiger partial charge in [-0.1, -0.05) is 11.6 Å². The van der Waals surface area contributed by atoms with Crippen LogP contribution in [0.1, 0.15) is 23.3 Å². The second-order valence-corrected chi connectivity index (χ2v) is 6.44. The molecule has 0 spiro atoms. The fourth-order valence-corrected chi connectivity index (χ4v) is 2.42. The number of likely N-dealkylation sites (tertiary alicyclic amines) is 1. The first-order valence-electron chi connectivity index (χ1n) is 5.41. The van der Waals surface area contributed by atoms with Gasteiger partial charge >= 0.3 is 0 Å². The van der Waals surface area contributed by atoms with Crippen molar-refractivity contribution in [3.05, 3.63) is 16.9 Å². The molecule has 1 saturated heterocycles. The van der Waals surface area contributed by atoms with Crippen molar-refractivity contribution in [1.29, 1.82) is 0 Å². The van der Waals surface area contributed by atoms with E-state index < -0.39 is 9.84 Å². The van der Waals surface area contributed by atoms with Crippen molar-refractivity contribution in [3.8, 4) is 0 Å². The van der Waals surface area contributed by atoms with Crippen LogP contribution in [0.3, 0.4) is 0 Å². The Kier molecular flexibility index (Phi) is 3.54. The van der Waals surface area contributed by atoms with Crippen LogP contribution in [-0.4, -0.2) is 48.5 Å². The van der Waals surface area contributed by atoms with E-state index in [2.05, 4.69) is 9.97 Å². The molecular formula is C10H12ClN3O3S. The van der Waals surface area contributed by atoms with E-state index in [0.717, 1.165) is 25.3 Å².